The molecular formula is C17H15N5O2. The molecule has 120 valence electrons. The number of benzene rings is 1. The summed E-state index contributed by atoms with van der Waals surface area (Å²) in [5.74, 6) is 1.76. The summed E-state index contributed by atoms with van der Waals surface area (Å²) < 4.78 is 5.26. The topological polar surface area (TPSA) is 79.2 Å². The van der Waals surface area contributed by atoms with Gasteiger partial charge in [-0.05, 0) is 24.3 Å². The van der Waals surface area contributed by atoms with E-state index in [1.54, 1.807) is 25.4 Å². The molecule has 7 heteroatoms. The molecule has 0 atom stereocenters. The fourth-order valence-corrected chi connectivity index (χ4v) is 2.74. The van der Waals surface area contributed by atoms with Crippen LogP contribution in [0.5, 0.6) is 5.75 Å². The van der Waals surface area contributed by atoms with E-state index in [-0.39, 0.29) is 5.91 Å². The molecule has 0 radical (unpaired) electrons. The number of nitrogens with one attached hydrogen (secondary N) is 1. The number of methoxy groups -OCH3 is 1. The van der Waals surface area contributed by atoms with Gasteiger partial charge >= 0.3 is 0 Å². The highest BCUT2D eigenvalue weighted by atomic mass is 16.5. The second kappa shape index (κ2) is 5.77. The monoisotopic (exact) mass is 321 g/mol. The van der Waals surface area contributed by atoms with E-state index >= 15 is 0 Å². The molecule has 0 fully saturated rings. The van der Waals surface area contributed by atoms with Crippen molar-refractivity contribution < 1.29 is 9.53 Å². The second-order valence-corrected chi connectivity index (χ2v) is 5.37. The summed E-state index contributed by atoms with van der Waals surface area (Å²) >= 11 is 0. The quantitative estimate of drug-likeness (QED) is 0.911. The minimum absolute atomic E-state index is 0.251. The Morgan fingerprint density at radius 1 is 1.33 bits per heavy atom. The second-order valence-electron chi connectivity index (χ2n) is 5.37. The average molecular weight is 321 g/mol. The molecule has 2 aliphatic heterocycles. The zero-order valence-corrected chi connectivity index (χ0v) is 13.1. The molecule has 0 bridgehead atoms. The van der Waals surface area contributed by atoms with E-state index in [0.29, 0.717) is 30.4 Å². The van der Waals surface area contributed by atoms with Gasteiger partial charge in [0.1, 0.15) is 11.6 Å². The van der Waals surface area contributed by atoms with Gasteiger partial charge in [-0.2, -0.15) is 0 Å². The van der Waals surface area contributed by atoms with Crippen LogP contribution in [0.15, 0.2) is 52.7 Å². The maximum Gasteiger partial charge on any atom is 0.259 e. The number of fused-ring (bicyclic) bond motifs is 3. The lowest BCUT2D eigenvalue weighted by atomic mass is 10.1. The minimum atomic E-state index is -0.251. The standard InChI is InChI=1S/C17H15N5O2/c1-24-12-4-5-13-14(9-12)20-17(22-8-7-19-15(13)22)21-16(23)11-3-2-6-18-10-11/h2-6,9-10H,7-8H2,1H3,(H,20,21,23). The Labute approximate surface area is 138 Å². The minimum Gasteiger partial charge on any atom is -0.497 e. The van der Waals surface area contributed by atoms with Crippen LogP contribution in [0.4, 0.5) is 5.69 Å². The van der Waals surface area contributed by atoms with Crippen LogP contribution in [0.3, 0.4) is 0 Å². The van der Waals surface area contributed by atoms with E-state index in [4.69, 9.17) is 4.74 Å². The van der Waals surface area contributed by atoms with Crippen molar-refractivity contribution in [2.45, 2.75) is 0 Å². The molecule has 0 aliphatic carbocycles. The van der Waals surface area contributed by atoms with Crippen molar-refractivity contribution in [3.05, 3.63) is 53.9 Å². The van der Waals surface area contributed by atoms with Gasteiger partial charge in [-0.15, -0.1) is 0 Å². The molecule has 2 aliphatic rings. The van der Waals surface area contributed by atoms with Crippen molar-refractivity contribution in [2.24, 2.45) is 9.98 Å². The highest BCUT2D eigenvalue weighted by molar-refractivity contribution is 6.19. The van der Waals surface area contributed by atoms with Crippen LogP contribution >= 0.6 is 0 Å². The van der Waals surface area contributed by atoms with Gasteiger partial charge in [-0.25, -0.2) is 4.99 Å². The molecule has 0 saturated heterocycles. The van der Waals surface area contributed by atoms with Gasteiger partial charge in [0.15, 0.2) is 0 Å². The van der Waals surface area contributed by atoms with Gasteiger partial charge in [0.05, 0.1) is 24.9 Å². The van der Waals surface area contributed by atoms with Gasteiger partial charge in [0.2, 0.25) is 5.96 Å². The van der Waals surface area contributed by atoms with Crippen LogP contribution in [0.25, 0.3) is 0 Å². The van der Waals surface area contributed by atoms with E-state index in [0.717, 1.165) is 17.1 Å². The van der Waals surface area contributed by atoms with Crippen LogP contribution in [0.2, 0.25) is 0 Å². The molecule has 0 saturated carbocycles. The lowest BCUT2D eigenvalue weighted by Crippen LogP contribution is -2.47. The maximum atomic E-state index is 12.4. The lowest BCUT2D eigenvalue weighted by molar-refractivity contribution is 0.0973. The molecule has 24 heavy (non-hydrogen) atoms. The third-order valence-corrected chi connectivity index (χ3v) is 3.92. The average Bonchev–Trinajstić information content (AvgIpc) is 3.12. The Morgan fingerprint density at radius 2 is 2.25 bits per heavy atom. The van der Waals surface area contributed by atoms with Crippen LogP contribution in [0, 0.1) is 0 Å². The highest BCUT2D eigenvalue weighted by Crippen LogP contribution is 2.31. The molecule has 3 heterocycles. The Kier molecular flexibility index (Phi) is 3.45. The van der Waals surface area contributed by atoms with Crippen molar-refractivity contribution in [1.82, 2.24) is 15.2 Å². The number of hydrogen-bond acceptors (Lipinski definition) is 6. The fraction of sp³-hybridized carbons (Fsp3) is 0.176. The summed E-state index contributed by atoms with van der Waals surface area (Å²) in [7, 11) is 1.61. The number of carbonyl (C=O) groups excluding carboxylic acids is 1. The molecular weight excluding hydrogens is 306 g/mol. The number of amidine groups is 1. The molecule has 1 N–H and O–H groups in total. The summed E-state index contributed by atoms with van der Waals surface area (Å²) in [5, 5.41) is 2.86. The van der Waals surface area contributed by atoms with Crippen LogP contribution in [-0.4, -0.2) is 47.8 Å². The number of aliphatic imine (C=N–C) groups is 2. The van der Waals surface area contributed by atoms with Crippen molar-refractivity contribution >= 4 is 23.4 Å². The zero-order valence-electron chi connectivity index (χ0n) is 13.1. The number of rotatable bonds is 2. The first-order chi connectivity index (χ1) is 11.8. The first-order valence-electron chi connectivity index (χ1n) is 7.57. The molecule has 1 amide bonds. The smallest absolute Gasteiger partial charge is 0.259 e. The SMILES string of the molecule is COc1ccc2c(c1)N=C(NC(=O)c1cccnc1)N1CCN=C21. The van der Waals surface area contributed by atoms with E-state index in [2.05, 4.69) is 20.3 Å². The summed E-state index contributed by atoms with van der Waals surface area (Å²) in [4.78, 5) is 27.4. The number of hydrogen-bond donors (Lipinski definition) is 1. The number of nitrogens with zero attached hydrogens (tertiary/aromatic N) is 4. The van der Waals surface area contributed by atoms with Gasteiger partial charge in [0.25, 0.3) is 5.91 Å². The van der Waals surface area contributed by atoms with E-state index in [9.17, 15) is 4.79 Å². The van der Waals surface area contributed by atoms with Gasteiger partial charge in [-0.3, -0.25) is 25.0 Å². The molecule has 1 aromatic carbocycles. The Hall–Kier alpha value is -3.22. The number of aromatic nitrogens is 1. The van der Waals surface area contributed by atoms with Crippen LogP contribution < -0.4 is 10.1 Å². The maximum absolute atomic E-state index is 12.4. The first kappa shape index (κ1) is 14.4. The lowest BCUT2D eigenvalue weighted by Gasteiger charge is -2.27. The third-order valence-electron chi connectivity index (χ3n) is 3.92. The van der Waals surface area contributed by atoms with Gasteiger partial charge < -0.3 is 4.74 Å². The summed E-state index contributed by atoms with van der Waals surface area (Å²) in [6, 6.07) is 9.09. The Balaban J connectivity index is 1.70. The first-order valence-corrected chi connectivity index (χ1v) is 7.57. The largest absolute Gasteiger partial charge is 0.497 e. The molecule has 0 spiro atoms. The summed E-state index contributed by atoms with van der Waals surface area (Å²) in [5.41, 5.74) is 2.15. The number of carbonyl (C=O) groups is 1. The molecule has 7 nitrogen and oxygen atoms in total. The van der Waals surface area contributed by atoms with Gasteiger partial charge in [0, 0.05) is 30.6 Å². The van der Waals surface area contributed by atoms with Gasteiger partial charge in [-0.1, -0.05) is 0 Å². The normalized spacial score (nSPS) is 15.1. The predicted molar refractivity (Wildman–Crippen MR) is 89.9 cm³/mol. The highest BCUT2D eigenvalue weighted by Gasteiger charge is 2.30. The molecule has 0 unspecified atom stereocenters. The zero-order chi connectivity index (χ0) is 16.5. The molecule has 2 aromatic rings. The van der Waals surface area contributed by atoms with Crippen LogP contribution in [0.1, 0.15) is 15.9 Å². The van der Waals surface area contributed by atoms with E-state index < -0.39 is 0 Å². The number of pyridine rings is 1. The van der Waals surface area contributed by atoms with Crippen molar-refractivity contribution in [3.63, 3.8) is 0 Å². The fourth-order valence-electron chi connectivity index (χ4n) is 2.74. The van der Waals surface area contributed by atoms with Crippen LogP contribution in [-0.2, 0) is 0 Å². The van der Waals surface area contributed by atoms with E-state index in [1.165, 1.54) is 6.20 Å². The Bertz CT molecular complexity index is 861. The molecule has 1 aromatic heterocycles. The van der Waals surface area contributed by atoms with Crippen molar-refractivity contribution in [1.29, 1.82) is 0 Å². The molecule has 4 rings (SSSR count). The number of ether oxygens (including phenoxy) is 1. The van der Waals surface area contributed by atoms with Crippen molar-refractivity contribution in [2.75, 3.05) is 20.2 Å². The third kappa shape index (κ3) is 2.40. The number of guanidine groups is 1. The summed E-state index contributed by atoms with van der Waals surface area (Å²) in [6.45, 7) is 1.36. The Morgan fingerprint density at radius 3 is 3.04 bits per heavy atom. The predicted octanol–water partition coefficient (Wildman–Crippen LogP) is 1.58. The number of amides is 1. The summed E-state index contributed by atoms with van der Waals surface area (Å²) in [6.07, 6.45) is 3.15. The van der Waals surface area contributed by atoms with E-state index in [1.807, 2.05) is 23.1 Å². The van der Waals surface area contributed by atoms with Crippen molar-refractivity contribution in [3.8, 4) is 5.75 Å².